The molecule has 1 atom stereocenters. The van der Waals surface area contributed by atoms with Crippen LogP contribution in [0.2, 0.25) is 0 Å². The number of carbonyl (C=O) groups is 2. The first-order valence-electron chi connectivity index (χ1n) is 10.6. The van der Waals surface area contributed by atoms with Crippen LogP contribution in [0.25, 0.3) is 0 Å². The quantitative estimate of drug-likeness (QED) is 0.417. The number of aromatic nitrogens is 2. The first-order valence-corrected chi connectivity index (χ1v) is 10.6. The van der Waals surface area contributed by atoms with Crippen molar-refractivity contribution in [1.82, 2.24) is 9.97 Å². The summed E-state index contributed by atoms with van der Waals surface area (Å²) in [6, 6.07) is 10.9. The molecule has 1 aliphatic heterocycles. The molecule has 182 valence electrons. The van der Waals surface area contributed by atoms with Gasteiger partial charge in [0, 0.05) is 17.8 Å². The number of fused-ring (bicyclic) bond motifs is 1. The van der Waals surface area contributed by atoms with E-state index in [0.717, 1.165) is 12.1 Å². The lowest BCUT2D eigenvalue weighted by atomic mass is 9.92. The van der Waals surface area contributed by atoms with E-state index in [9.17, 15) is 27.6 Å². The van der Waals surface area contributed by atoms with Gasteiger partial charge in [-0.3, -0.25) is 19.4 Å². The summed E-state index contributed by atoms with van der Waals surface area (Å²) in [4.78, 5) is 44.5. The monoisotopic (exact) mass is 487 g/mol. The van der Waals surface area contributed by atoms with Crippen molar-refractivity contribution in [1.29, 1.82) is 0 Å². The van der Waals surface area contributed by atoms with Crippen molar-refractivity contribution in [2.24, 2.45) is 0 Å². The van der Waals surface area contributed by atoms with Gasteiger partial charge in [0.25, 0.3) is 5.56 Å². The van der Waals surface area contributed by atoms with Crippen molar-refractivity contribution >= 4 is 35.0 Å². The van der Waals surface area contributed by atoms with E-state index in [1.165, 1.54) is 12.1 Å². The molecule has 0 spiro atoms. The lowest BCUT2D eigenvalue weighted by Gasteiger charge is -2.23. The summed E-state index contributed by atoms with van der Waals surface area (Å²) < 4.78 is 44.3. The van der Waals surface area contributed by atoms with Crippen molar-refractivity contribution in [3.8, 4) is 5.75 Å². The molecule has 2 amide bonds. The number of anilines is 4. The predicted octanol–water partition coefficient (Wildman–Crippen LogP) is 4.00. The molecule has 4 N–H and O–H groups in total. The molecule has 1 aliphatic rings. The standard InChI is InChI=1S/C23H20F3N5O4/c1-2-35-15-8-6-13(7-9-15)27-20(33)16-11-17(32)29-19-18(16)21(34)31-22(30-19)28-14-5-3-4-12(10-14)23(24,25)26/h3-10,16H,2,11H2,1H3,(H,27,33)(H3,28,29,30,31,32,34)/t16-/m1/s1. The average Bonchev–Trinajstić information content (AvgIpc) is 2.79. The molecular formula is C23H20F3N5O4. The van der Waals surface area contributed by atoms with E-state index in [4.69, 9.17) is 4.74 Å². The van der Waals surface area contributed by atoms with Gasteiger partial charge in [-0.25, -0.2) is 0 Å². The molecule has 9 nitrogen and oxygen atoms in total. The molecule has 2 heterocycles. The second kappa shape index (κ2) is 9.49. The van der Waals surface area contributed by atoms with Crippen LogP contribution in [-0.2, 0) is 15.8 Å². The smallest absolute Gasteiger partial charge is 0.416 e. The number of aromatic amines is 1. The Morgan fingerprint density at radius 1 is 1.14 bits per heavy atom. The third-order valence-corrected chi connectivity index (χ3v) is 5.15. The molecule has 0 radical (unpaired) electrons. The Hall–Kier alpha value is -4.35. The number of amides is 2. The molecule has 0 bridgehead atoms. The highest BCUT2D eigenvalue weighted by molar-refractivity contribution is 6.04. The zero-order chi connectivity index (χ0) is 25.2. The number of nitrogens with zero attached hydrogens (tertiary/aromatic N) is 1. The second-order valence-corrected chi connectivity index (χ2v) is 7.63. The van der Waals surface area contributed by atoms with Gasteiger partial charge in [-0.1, -0.05) is 6.07 Å². The van der Waals surface area contributed by atoms with Crippen molar-refractivity contribution in [2.45, 2.75) is 25.4 Å². The Bertz CT molecular complexity index is 1320. The summed E-state index contributed by atoms with van der Waals surface area (Å²) in [5.41, 5.74) is -1.19. The Morgan fingerprint density at radius 2 is 1.89 bits per heavy atom. The van der Waals surface area contributed by atoms with E-state index in [1.54, 1.807) is 24.3 Å². The molecular weight excluding hydrogens is 467 g/mol. The molecule has 4 rings (SSSR count). The summed E-state index contributed by atoms with van der Waals surface area (Å²) in [5, 5.41) is 7.70. The lowest BCUT2D eigenvalue weighted by Crippen LogP contribution is -2.36. The number of alkyl halides is 3. The van der Waals surface area contributed by atoms with Crippen molar-refractivity contribution < 1.29 is 27.5 Å². The number of carbonyl (C=O) groups excluding carboxylic acids is 2. The molecule has 3 aromatic rings. The van der Waals surface area contributed by atoms with E-state index >= 15 is 0 Å². The topological polar surface area (TPSA) is 125 Å². The molecule has 1 aromatic heterocycles. The number of rotatable bonds is 6. The van der Waals surface area contributed by atoms with Gasteiger partial charge < -0.3 is 20.7 Å². The summed E-state index contributed by atoms with van der Waals surface area (Å²) >= 11 is 0. The molecule has 0 aliphatic carbocycles. The maximum atomic E-state index is 13.0. The fraction of sp³-hybridized carbons (Fsp3) is 0.217. The Kier molecular flexibility index (Phi) is 6.45. The van der Waals surface area contributed by atoms with Crippen LogP contribution >= 0.6 is 0 Å². The van der Waals surface area contributed by atoms with Crippen molar-refractivity contribution in [3.63, 3.8) is 0 Å². The van der Waals surface area contributed by atoms with E-state index in [0.29, 0.717) is 18.0 Å². The molecule has 0 saturated heterocycles. The van der Waals surface area contributed by atoms with E-state index in [-0.39, 0.29) is 29.4 Å². The Labute approximate surface area is 196 Å². The number of hydrogen-bond donors (Lipinski definition) is 4. The largest absolute Gasteiger partial charge is 0.494 e. The van der Waals surface area contributed by atoms with Gasteiger partial charge in [0.1, 0.15) is 11.6 Å². The van der Waals surface area contributed by atoms with Gasteiger partial charge in [-0.05, 0) is 49.4 Å². The van der Waals surface area contributed by atoms with E-state index in [2.05, 4.69) is 25.9 Å². The van der Waals surface area contributed by atoms with Crippen LogP contribution in [0.5, 0.6) is 5.75 Å². The number of halogens is 3. The summed E-state index contributed by atoms with van der Waals surface area (Å²) in [6.45, 7) is 2.33. The first-order chi connectivity index (χ1) is 16.6. The predicted molar refractivity (Wildman–Crippen MR) is 122 cm³/mol. The molecule has 2 aromatic carbocycles. The van der Waals surface area contributed by atoms with Gasteiger partial charge in [0.05, 0.1) is 23.7 Å². The molecule has 0 unspecified atom stereocenters. The molecule has 0 saturated carbocycles. The van der Waals surface area contributed by atoms with E-state index < -0.39 is 35.0 Å². The van der Waals surface area contributed by atoms with Gasteiger partial charge in [0.2, 0.25) is 17.8 Å². The fourth-order valence-corrected chi connectivity index (χ4v) is 3.60. The molecule has 12 heteroatoms. The van der Waals surface area contributed by atoms with Crippen LogP contribution in [0.3, 0.4) is 0 Å². The minimum atomic E-state index is -4.55. The molecule has 0 fully saturated rings. The second-order valence-electron chi connectivity index (χ2n) is 7.63. The van der Waals surface area contributed by atoms with Crippen LogP contribution in [0, 0.1) is 0 Å². The number of benzene rings is 2. The maximum absolute atomic E-state index is 13.0. The Morgan fingerprint density at radius 3 is 2.57 bits per heavy atom. The minimum Gasteiger partial charge on any atom is -0.494 e. The van der Waals surface area contributed by atoms with Gasteiger partial charge in [-0.2, -0.15) is 18.2 Å². The first kappa shape index (κ1) is 23.8. The number of H-pyrrole nitrogens is 1. The number of ether oxygens (including phenoxy) is 1. The van der Waals surface area contributed by atoms with Crippen LogP contribution in [0.4, 0.5) is 36.3 Å². The normalized spacial score (nSPS) is 15.1. The van der Waals surface area contributed by atoms with Gasteiger partial charge in [-0.15, -0.1) is 0 Å². The highest BCUT2D eigenvalue weighted by atomic mass is 19.4. The SMILES string of the molecule is CCOc1ccc(NC(=O)[C@@H]2CC(=O)Nc3nc(Nc4cccc(C(F)(F)F)c4)[nH]c(=O)c32)cc1. The number of hydrogen-bond acceptors (Lipinski definition) is 6. The zero-order valence-electron chi connectivity index (χ0n) is 18.3. The molecule has 35 heavy (non-hydrogen) atoms. The van der Waals surface area contributed by atoms with Crippen LogP contribution in [-0.4, -0.2) is 28.4 Å². The van der Waals surface area contributed by atoms with Crippen LogP contribution in [0.15, 0.2) is 53.3 Å². The highest BCUT2D eigenvalue weighted by Crippen LogP contribution is 2.32. The summed E-state index contributed by atoms with van der Waals surface area (Å²) in [7, 11) is 0. The fourth-order valence-electron chi connectivity index (χ4n) is 3.60. The van der Waals surface area contributed by atoms with Crippen molar-refractivity contribution in [3.05, 3.63) is 70.0 Å². The van der Waals surface area contributed by atoms with Crippen molar-refractivity contribution in [2.75, 3.05) is 22.6 Å². The minimum absolute atomic E-state index is 0.0230. The van der Waals surface area contributed by atoms with Gasteiger partial charge in [0.15, 0.2) is 0 Å². The van der Waals surface area contributed by atoms with Gasteiger partial charge >= 0.3 is 6.18 Å². The number of nitrogens with one attached hydrogen (secondary N) is 4. The third-order valence-electron chi connectivity index (χ3n) is 5.15. The zero-order valence-corrected chi connectivity index (χ0v) is 18.3. The maximum Gasteiger partial charge on any atom is 0.416 e. The lowest BCUT2D eigenvalue weighted by molar-refractivity contribution is -0.137. The third kappa shape index (κ3) is 5.42. The Balaban J connectivity index is 1.58. The summed E-state index contributed by atoms with van der Waals surface area (Å²) in [5.74, 6) is -1.96. The summed E-state index contributed by atoms with van der Waals surface area (Å²) in [6.07, 6.45) is -4.83. The average molecular weight is 487 g/mol. The highest BCUT2D eigenvalue weighted by Gasteiger charge is 2.35. The van der Waals surface area contributed by atoms with Crippen LogP contribution < -0.4 is 26.2 Å². The van der Waals surface area contributed by atoms with Crippen LogP contribution in [0.1, 0.15) is 30.4 Å². The van der Waals surface area contributed by atoms with E-state index in [1.807, 2.05) is 6.92 Å².